The third-order valence-electron chi connectivity index (χ3n) is 11.7. The van der Waals surface area contributed by atoms with Gasteiger partial charge in [0.1, 0.15) is 11.6 Å². The van der Waals surface area contributed by atoms with Gasteiger partial charge in [-0.1, -0.05) is 35.3 Å². The third-order valence-corrected chi connectivity index (χ3v) is 13.5. The predicted molar refractivity (Wildman–Crippen MR) is 205 cm³/mol. The number of anilines is 1. The van der Waals surface area contributed by atoms with Gasteiger partial charge in [-0.2, -0.15) is 10.5 Å². The highest BCUT2D eigenvalue weighted by atomic mass is 35.5. The molecule has 3 atom stereocenters. The van der Waals surface area contributed by atoms with Crippen molar-refractivity contribution in [3.05, 3.63) is 74.2 Å². The molecule has 0 radical (unpaired) electrons. The van der Waals surface area contributed by atoms with Gasteiger partial charge in [-0.05, 0) is 81.7 Å². The summed E-state index contributed by atoms with van der Waals surface area (Å²) < 4.78 is 16.7. The average Bonchev–Trinajstić information content (AvgIpc) is 3.61. The molecule has 2 aliphatic carbocycles. The Morgan fingerprint density at radius 1 is 1.11 bits per heavy atom. The number of piperidine rings is 1. The van der Waals surface area contributed by atoms with Crippen LogP contribution >= 0.6 is 34.5 Å². The monoisotopic (exact) mass is 766 g/mol. The van der Waals surface area contributed by atoms with E-state index in [1.165, 1.54) is 30.7 Å². The number of nitriles is 2. The van der Waals surface area contributed by atoms with Gasteiger partial charge in [0.25, 0.3) is 0 Å². The number of halogens is 3. The van der Waals surface area contributed by atoms with Gasteiger partial charge in [0, 0.05) is 76.1 Å². The van der Waals surface area contributed by atoms with Gasteiger partial charge in [-0.3, -0.25) is 4.79 Å². The number of nitrogens with zero attached hydrogens (tertiary/aromatic N) is 6. The van der Waals surface area contributed by atoms with Crippen LogP contribution in [0.15, 0.2) is 35.7 Å². The second-order valence-corrected chi connectivity index (χ2v) is 16.8. The van der Waals surface area contributed by atoms with E-state index in [0.717, 1.165) is 53.0 Å². The number of H-pyrrole nitrogens is 1. The van der Waals surface area contributed by atoms with E-state index >= 15 is 4.39 Å². The van der Waals surface area contributed by atoms with Crippen molar-refractivity contribution in [3.63, 3.8) is 0 Å². The van der Waals surface area contributed by atoms with Gasteiger partial charge in [0.05, 0.1) is 33.7 Å². The van der Waals surface area contributed by atoms with Crippen LogP contribution in [0.1, 0.15) is 67.2 Å². The first-order chi connectivity index (χ1) is 25.7. The molecule has 7 heterocycles. The Morgan fingerprint density at radius 3 is 2.62 bits per heavy atom. The van der Waals surface area contributed by atoms with Crippen molar-refractivity contribution in [1.82, 2.24) is 25.2 Å². The minimum absolute atomic E-state index is 0.0173. The van der Waals surface area contributed by atoms with Crippen molar-refractivity contribution in [1.29, 1.82) is 10.5 Å². The summed E-state index contributed by atoms with van der Waals surface area (Å²) in [4.78, 5) is 31.1. The molecule has 6 fully saturated rings. The molecule has 11 rings (SSSR count). The van der Waals surface area contributed by atoms with Gasteiger partial charge in [0.15, 0.2) is 16.6 Å². The van der Waals surface area contributed by atoms with Crippen molar-refractivity contribution in [2.75, 3.05) is 24.5 Å². The number of carbonyl (C=O) groups is 1. The number of pyridine rings is 1. The minimum atomic E-state index is -0.515. The van der Waals surface area contributed by atoms with E-state index in [1.807, 2.05) is 13.0 Å². The summed E-state index contributed by atoms with van der Waals surface area (Å²) in [6, 6.07) is 14.2. The Hall–Kier alpha value is -4.26. The van der Waals surface area contributed by atoms with E-state index in [2.05, 4.69) is 43.3 Å². The summed E-state index contributed by atoms with van der Waals surface area (Å²) in [5.41, 5.74) is 4.31. The summed E-state index contributed by atoms with van der Waals surface area (Å²) in [6.07, 6.45) is 6.15. The van der Waals surface area contributed by atoms with E-state index in [-0.39, 0.29) is 46.8 Å². The standard InChI is InChI=1S/C35H28Cl2FN7OS.C5H9N/c1-17-24-12-27(33-20-10-22(45(33)34(46)18-7-8-18)15-44(14-20)35-42-21(13-40)16-47-35)43-31(24)25-11-19(4-3-9-39)28(30(38)32(25)41-17)23-5-2-6-26(36)29(23)37;1-4-2-5(1)6-3-4/h2,5-6,11-12,16,18,20,22,33,43H,3-4,7-8,10,14-15H2,1H3;4-6H,1-3H2. The molecule has 6 aliphatic rings. The SMILES string of the molecule is C1NC2CC1C2.Cc1nc2c(F)c(-c3cccc(Cl)c3Cl)c(CCC#N)cc2c2[nH]c(C3C4CC(CN(c5nc(C#N)cs5)C4)N3C(=O)C3CC3)cc12. The molecule has 5 aromatic rings. The normalized spacial score (nSPS) is 24.2. The number of likely N-dealkylation sites (tertiary alicyclic amines) is 1. The maximum Gasteiger partial charge on any atom is 0.226 e. The molecule has 1 amide bonds. The van der Waals surface area contributed by atoms with E-state index in [1.54, 1.807) is 23.6 Å². The molecule has 4 aliphatic heterocycles. The van der Waals surface area contributed by atoms with Crippen LogP contribution in [0, 0.1) is 53.2 Å². The maximum absolute atomic E-state index is 16.7. The molecule has 13 heteroatoms. The molecule has 2 aromatic carbocycles. The first-order valence-electron chi connectivity index (χ1n) is 18.3. The number of amides is 1. The molecule has 2 N–H and O–H groups in total. The number of aromatic amines is 1. The lowest BCUT2D eigenvalue weighted by atomic mass is 9.87. The summed E-state index contributed by atoms with van der Waals surface area (Å²) in [6.45, 7) is 4.55. The van der Waals surface area contributed by atoms with Crippen LogP contribution in [0.25, 0.3) is 32.9 Å². The van der Waals surface area contributed by atoms with Crippen LogP contribution in [-0.4, -0.2) is 57.5 Å². The van der Waals surface area contributed by atoms with Gasteiger partial charge >= 0.3 is 0 Å². The second-order valence-electron chi connectivity index (χ2n) is 15.2. The Kier molecular flexibility index (Phi) is 8.82. The van der Waals surface area contributed by atoms with Gasteiger partial charge in [-0.25, -0.2) is 14.4 Å². The summed E-state index contributed by atoms with van der Waals surface area (Å²) in [7, 11) is 0. The molecule has 4 bridgehead atoms. The van der Waals surface area contributed by atoms with Crippen LogP contribution in [0.5, 0.6) is 0 Å². The first kappa shape index (κ1) is 34.5. The highest BCUT2D eigenvalue weighted by molar-refractivity contribution is 7.13. The van der Waals surface area contributed by atoms with Crippen molar-refractivity contribution < 1.29 is 9.18 Å². The molecular weight excluding hydrogens is 730 g/mol. The van der Waals surface area contributed by atoms with Crippen LogP contribution in [0.4, 0.5) is 9.52 Å². The number of aryl methyl sites for hydroxylation is 2. The van der Waals surface area contributed by atoms with Crippen LogP contribution in [0.2, 0.25) is 10.0 Å². The first-order valence-corrected chi connectivity index (χ1v) is 20.0. The number of rotatable bonds is 6. The van der Waals surface area contributed by atoms with Gasteiger partial charge in [-0.15, -0.1) is 11.3 Å². The Morgan fingerprint density at radius 2 is 1.94 bits per heavy atom. The van der Waals surface area contributed by atoms with Crippen molar-refractivity contribution in [2.24, 2.45) is 17.8 Å². The lowest BCUT2D eigenvalue weighted by Gasteiger charge is -2.32. The van der Waals surface area contributed by atoms with Gasteiger partial charge in [0.2, 0.25) is 5.91 Å². The maximum atomic E-state index is 16.7. The van der Waals surface area contributed by atoms with Crippen molar-refractivity contribution in [3.8, 4) is 23.3 Å². The number of nitrogens with one attached hydrogen (secondary N) is 2. The number of hydrogen-bond acceptors (Lipinski definition) is 8. The molecule has 3 unspecified atom stereocenters. The zero-order valence-electron chi connectivity index (χ0n) is 29.1. The number of aromatic nitrogens is 3. The zero-order chi connectivity index (χ0) is 36.5. The summed E-state index contributed by atoms with van der Waals surface area (Å²) in [5, 5.41) is 26.8. The fraction of sp³-hybridized carbons (Fsp3) is 0.425. The van der Waals surface area contributed by atoms with E-state index in [0.29, 0.717) is 58.0 Å². The predicted octanol–water partition coefficient (Wildman–Crippen LogP) is 8.48. The molecule has 0 spiro atoms. The molecule has 3 aromatic heterocycles. The van der Waals surface area contributed by atoms with E-state index in [4.69, 9.17) is 28.2 Å². The van der Waals surface area contributed by atoms with Crippen LogP contribution in [0.3, 0.4) is 0 Å². The fourth-order valence-corrected chi connectivity index (χ4v) is 10.2. The van der Waals surface area contributed by atoms with Crippen LogP contribution < -0.4 is 10.2 Å². The Balaban J connectivity index is 0.000000558. The minimum Gasteiger partial charge on any atom is -0.356 e. The van der Waals surface area contributed by atoms with Crippen molar-refractivity contribution >= 4 is 67.4 Å². The average molecular weight is 768 g/mol. The molecule has 270 valence electrons. The Bertz CT molecular complexity index is 2360. The highest BCUT2D eigenvalue weighted by Crippen LogP contribution is 2.49. The molecule has 2 saturated carbocycles. The smallest absolute Gasteiger partial charge is 0.226 e. The molecular formula is C40H37Cl2FN8OS. The lowest BCUT2D eigenvalue weighted by molar-refractivity contribution is -0.135. The largest absolute Gasteiger partial charge is 0.356 e. The Labute approximate surface area is 320 Å². The van der Waals surface area contributed by atoms with Crippen LogP contribution in [-0.2, 0) is 11.2 Å². The molecule has 53 heavy (non-hydrogen) atoms. The fourth-order valence-electron chi connectivity index (χ4n) is 9.00. The zero-order valence-corrected chi connectivity index (χ0v) is 31.5. The molecule has 4 saturated heterocycles. The third kappa shape index (κ3) is 6.03. The highest BCUT2D eigenvalue weighted by Gasteiger charge is 2.52. The quantitative estimate of drug-likeness (QED) is 0.178. The van der Waals surface area contributed by atoms with E-state index < -0.39 is 5.82 Å². The number of benzene rings is 2. The molecule has 9 nitrogen and oxygen atoms in total. The van der Waals surface area contributed by atoms with E-state index in [9.17, 15) is 15.3 Å². The second kappa shape index (κ2) is 13.5. The number of hydrogen-bond donors (Lipinski definition) is 2. The van der Waals surface area contributed by atoms with Gasteiger partial charge < -0.3 is 20.1 Å². The number of fused-ring (bicyclic) bond motifs is 6. The van der Waals surface area contributed by atoms with Crippen molar-refractivity contribution in [2.45, 2.75) is 70.0 Å². The topological polar surface area (TPSA) is 125 Å². The number of thiazole rings is 1. The number of carbonyl (C=O) groups excluding carboxylic acids is 1. The summed E-state index contributed by atoms with van der Waals surface area (Å²) >= 11 is 14.4. The lowest BCUT2D eigenvalue weighted by Crippen LogP contribution is -2.44. The summed E-state index contributed by atoms with van der Waals surface area (Å²) in [5.74, 6) is 0.941.